The van der Waals surface area contributed by atoms with Gasteiger partial charge in [0.05, 0.1) is 17.1 Å². The molecule has 0 aliphatic heterocycles. The molecule has 2 aromatic rings. The molecular weight excluding hydrogens is 337 g/mol. The second-order valence-electron chi connectivity index (χ2n) is 4.41. The third kappa shape index (κ3) is 3.72. The van der Waals surface area contributed by atoms with Crippen LogP contribution in [0.2, 0.25) is 0 Å². The minimum absolute atomic E-state index is 0.168. The Bertz CT molecular complexity index is 676. The van der Waals surface area contributed by atoms with Gasteiger partial charge in [0.2, 0.25) is 0 Å². The summed E-state index contributed by atoms with van der Waals surface area (Å²) in [4.78, 5) is 11.7. The van der Waals surface area contributed by atoms with E-state index in [1.54, 1.807) is 24.3 Å². The van der Waals surface area contributed by atoms with Crippen LogP contribution in [0.3, 0.4) is 0 Å². The lowest BCUT2D eigenvalue weighted by Gasteiger charge is -2.12. The van der Waals surface area contributed by atoms with E-state index < -0.39 is 0 Å². The number of hydrogen-bond acceptors (Lipinski definition) is 3. The molecule has 0 spiro atoms. The molecule has 0 unspecified atom stereocenters. The summed E-state index contributed by atoms with van der Waals surface area (Å²) in [5.41, 5.74) is 8.23. The van der Waals surface area contributed by atoms with Crippen LogP contribution in [-0.4, -0.2) is 12.5 Å². The minimum Gasteiger partial charge on any atom is -0.397 e. The smallest absolute Gasteiger partial charge is 0.251 e. The highest BCUT2D eigenvalue weighted by Gasteiger charge is 2.09. The Kier molecular flexibility index (Phi) is 4.80. The van der Waals surface area contributed by atoms with Crippen LogP contribution in [0.15, 0.2) is 40.9 Å². The number of halogens is 2. The Hall–Kier alpha value is -2.08. The van der Waals surface area contributed by atoms with Gasteiger partial charge in [-0.05, 0) is 59.3 Å². The number of amides is 1. The van der Waals surface area contributed by atoms with Crippen molar-refractivity contribution in [3.63, 3.8) is 0 Å². The lowest BCUT2D eigenvalue weighted by atomic mass is 10.1. The molecule has 110 valence electrons. The Morgan fingerprint density at radius 1 is 1.24 bits per heavy atom. The fraction of sp³-hybridized carbons (Fsp3) is 0.133. The van der Waals surface area contributed by atoms with Crippen LogP contribution >= 0.6 is 15.9 Å². The molecule has 2 rings (SSSR count). The molecule has 0 aliphatic rings. The Morgan fingerprint density at radius 3 is 2.57 bits per heavy atom. The molecule has 4 nitrogen and oxygen atoms in total. The van der Waals surface area contributed by atoms with Gasteiger partial charge in [-0.2, -0.15) is 0 Å². The first kappa shape index (κ1) is 15.3. The van der Waals surface area contributed by atoms with Gasteiger partial charge in [-0.25, -0.2) is 4.39 Å². The van der Waals surface area contributed by atoms with Crippen molar-refractivity contribution in [2.75, 3.05) is 17.6 Å². The summed E-state index contributed by atoms with van der Waals surface area (Å²) < 4.78 is 13.6. The van der Waals surface area contributed by atoms with Gasteiger partial charge in [0, 0.05) is 16.6 Å². The first-order chi connectivity index (χ1) is 10.0. The molecule has 0 bridgehead atoms. The summed E-state index contributed by atoms with van der Waals surface area (Å²) in [5.74, 6) is -0.495. The van der Waals surface area contributed by atoms with E-state index in [9.17, 15) is 9.18 Å². The molecule has 0 saturated heterocycles. The summed E-state index contributed by atoms with van der Waals surface area (Å²) >= 11 is 3.28. The van der Waals surface area contributed by atoms with E-state index in [1.807, 2.05) is 6.92 Å². The normalized spacial score (nSPS) is 10.2. The van der Waals surface area contributed by atoms with Crippen molar-refractivity contribution in [1.82, 2.24) is 5.32 Å². The minimum atomic E-state index is -0.327. The first-order valence-electron chi connectivity index (χ1n) is 6.41. The first-order valence-corrected chi connectivity index (χ1v) is 7.20. The molecule has 0 saturated carbocycles. The highest BCUT2D eigenvalue weighted by atomic mass is 79.9. The SMILES string of the molecule is CCNC(=O)c1ccc(Nc2ccc(F)cc2Br)c(N)c1. The van der Waals surface area contributed by atoms with Crippen molar-refractivity contribution in [3.8, 4) is 0 Å². The third-order valence-corrected chi connectivity index (χ3v) is 3.51. The monoisotopic (exact) mass is 351 g/mol. The maximum atomic E-state index is 13.1. The summed E-state index contributed by atoms with van der Waals surface area (Å²) in [7, 11) is 0. The lowest BCUT2D eigenvalue weighted by Crippen LogP contribution is -2.22. The number of carbonyl (C=O) groups excluding carboxylic acids is 1. The molecule has 0 atom stereocenters. The van der Waals surface area contributed by atoms with Gasteiger partial charge in [0.1, 0.15) is 5.82 Å². The fourth-order valence-corrected chi connectivity index (χ4v) is 2.27. The van der Waals surface area contributed by atoms with Gasteiger partial charge in [-0.15, -0.1) is 0 Å². The number of anilines is 3. The van der Waals surface area contributed by atoms with E-state index in [0.29, 0.717) is 33.6 Å². The average molecular weight is 352 g/mol. The van der Waals surface area contributed by atoms with Crippen LogP contribution in [0.5, 0.6) is 0 Å². The number of nitrogens with two attached hydrogens (primary N) is 1. The number of carbonyl (C=O) groups is 1. The van der Waals surface area contributed by atoms with Gasteiger partial charge in [-0.3, -0.25) is 4.79 Å². The molecule has 0 radical (unpaired) electrons. The zero-order valence-electron chi connectivity index (χ0n) is 11.4. The van der Waals surface area contributed by atoms with Crippen LogP contribution < -0.4 is 16.4 Å². The van der Waals surface area contributed by atoms with Gasteiger partial charge >= 0.3 is 0 Å². The van der Waals surface area contributed by atoms with Crippen molar-refractivity contribution in [2.45, 2.75) is 6.92 Å². The van der Waals surface area contributed by atoms with Crippen LogP contribution in [0.1, 0.15) is 17.3 Å². The quantitative estimate of drug-likeness (QED) is 0.736. The van der Waals surface area contributed by atoms with E-state index in [1.165, 1.54) is 12.1 Å². The van der Waals surface area contributed by atoms with Crippen LogP contribution in [0.4, 0.5) is 21.5 Å². The molecule has 0 aliphatic carbocycles. The van der Waals surface area contributed by atoms with Crippen LogP contribution in [-0.2, 0) is 0 Å². The van der Waals surface area contributed by atoms with Crippen molar-refractivity contribution in [2.24, 2.45) is 0 Å². The van der Waals surface area contributed by atoms with Gasteiger partial charge < -0.3 is 16.4 Å². The molecule has 0 fully saturated rings. The number of nitrogens with one attached hydrogen (secondary N) is 2. The fourth-order valence-electron chi connectivity index (χ4n) is 1.82. The Morgan fingerprint density at radius 2 is 1.95 bits per heavy atom. The third-order valence-electron chi connectivity index (χ3n) is 2.85. The van der Waals surface area contributed by atoms with E-state index in [0.717, 1.165) is 0 Å². The zero-order chi connectivity index (χ0) is 15.4. The van der Waals surface area contributed by atoms with Gasteiger partial charge in [0.25, 0.3) is 5.91 Å². The van der Waals surface area contributed by atoms with Crippen molar-refractivity contribution in [1.29, 1.82) is 0 Å². The maximum absolute atomic E-state index is 13.1. The standard InChI is InChI=1S/C15H15BrFN3O/c1-2-19-15(21)9-3-5-14(12(18)7-9)20-13-6-4-10(17)8-11(13)16/h3-8,20H,2,18H2,1H3,(H,19,21). The molecule has 1 amide bonds. The largest absolute Gasteiger partial charge is 0.397 e. The predicted octanol–water partition coefficient (Wildman–Crippen LogP) is 3.66. The van der Waals surface area contributed by atoms with Crippen molar-refractivity contribution in [3.05, 3.63) is 52.3 Å². The number of benzene rings is 2. The lowest BCUT2D eigenvalue weighted by molar-refractivity contribution is 0.0956. The molecule has 6 heteroatoms. The zero-order valence-corrected chi connectivity index (χ0v) is 13.0. The van der Waals surface area contributed by atoms with Gasteiger partial charge in [-0.1, -0.05) is 0 Å². The van der Waals surface area contributed by atoms with Crippen LogP contribution in [0, 0.1) is 5.82 Å². The van der Waals surface area contributed by atoms with E-state index >= 15 is 0 Å². The number of rotatable bonds is 4. The van der Waals surface area contributed by atoms with Crippen molar-refractivity contribution < 1.29 is 9.18 Å². The van der Waals surface area contributed by atoms with Crippen LogP contribution in [0.25, 0.3) is 0 Å². The Labute approximate surface area is 130 Å². The molecular formula is C15H15BrFN3O. The molecule has 2 aromatic carbocycles. The summed E-state index contributed by atoms with van der Waals surface area (Å²) in [6.45, 7) is 2.41. The average Bonchev–Trinajstić information content (AvgIpc) is 2.44. The molecule has 0 heterocycles. The van der Waals surface area contributed by atoms with Gasteiger partial charge in [0.15, 0.2) is 0 Å². The topological polar surface area (TPSA) is 67.2 Å². The maximum Gasteiger partial charge on any atom is 0.251 e. The summed E-state index contributed by atoms with van der Waals surface area (Å²) in [6, 6.07) is 9.33. The van der Waals surface area contributed by atoms with E-state index in [4.69, 9.17) is 5.73 Å². The molecule has 4 N–H and O–H groups in total. The van der Waals surface area contributed by atoms with E-state index in [-0.39, 0.29) is 11.7 Å². The molecule has 21 heavy (non-hydrogen) atoms. The Balaban J connectivity index is 2.23. The summed E-state index contributed by atoms with van der Waals surface area (Å²) in [6.07, 6.45) is 0. The predicted molar refractivity (Wildman–Crippen MR) is 86.2 cm³/mol. The second-order valence-corrected chi connectivity index (χ2v) is 5.26. The highest BCUT2D eigenvalue weighted by Crippen LogP contribution is 2.29. The van der Waals surface area contributed by atoms with E-state index in [2.05, 4.69) is 26.6 Å². The number of nitrogen functional groups attached to an aromatic ring is 1. The second kappa shape index (κ2) is 6.58. The summed E-state index contributed by atoms with van der Waals surface area (Å²) in [5, 5.41) is 5.81. The number of hydrogen-bond donors (Lipinski definition) is 3. The van der Waals surface area contributed by atoms with Crippen molar-refractivity contribution >= 4 is 38.9 Å². The highest BCUT2D eigenvalue weighted by molar-refractivity contribution is 9.10. The molecule has 0 aromatic heterocycles.